The van der Waals surface area contributed by atoms with Crippen molar-refractivity contribution in [3.05, 3.63) is 22.4 Å². The molecule has 0 fully saturated rings. The summed E-state index contributed by atoms with van der Waals surface area (Å²) in [5.41, 5.74) is 0.486. The van der Waals surface area contributed by atoms with E-state index in [1.807, 2.05) is 0 Å². The Kier molecular flexibility index (Phi) is 2.81. The molecule has 0 N–H and O–H groups in total. The number of carbonyl (C=O) groups excluding carboxylic acids is 1. The van der Waals surface area contributed by atoms with Gasteiger partial charge in [-0.1, -0.05) is 0 Å². The minimum Gasteiger partial charge on any atom is -0.496 e. The van der Waals surface area contributed by atoms with Gasteiger partial charge in [-0.05, 0) is 28.9 Å². The quantitative estimate of drug-likeness (QED) is 0.576. The fourth-order valence-corrected chi connectivity index (χ4v) is 1.50. The van der Waals surface area contributed by atoms with Crippen LogP contribution >= 0.6 is 15.9 Å². The highest BCUT2D eigenvalue weighted by molar-refractivity contribution is 9.10. The third-order valence-electron chi connectivity index (χ3n) is 1.44. The van der Waals surface area contributed by atoms with E-state index in [9.17, 15) is 4.79 Å². The minimum absolute atomic E-state index is 0.0631. The van der Waals surface area contributed by atoms with Crippen LogP contribution in [0, 0.1) is 0 Å². The van der Waals surface area contributed by atoms with Crippen molar-refractivity contribution < 1.29 is 9.53 Å². The summed E-state index contributed by atoms with van der Waals surface area (Å²) in [5, 5.41) is 0. The molecule has 0 spiro atoms. The number of hydrogen-bond donors (Lipinski definition) is 0. The van der Waals surface area contributed by atoms with Crippen LogP contribution < -0.4 is 4.74 Å². The van der Waals surface area contributed by atoms with Crippen LogP contribution in [0.1, 0.15) is 17.3 Å². The molecule has 0 saturated carbocycles. The summed E-state index contributed by atoms with van der Waals surface area (Å²) in [4.78, 5) is 15.0. The van der Waals surface area contributed by atoms with Crippen LogP contribution in [-0.2, 0) is 0 Å². The largest absolute Gasteiger partial charge is 0.496 e. The van der Waals surface area contributed by atoms with Gasteiger partial charge in [0.25, 0.3) is 0 Å². The van der Waals surface area contributed by atoms with Crippen LogP contribution in [-0.4, -0.2) is 17.9 Å². The Balaban J connectivity index is 3.29. The first-order chi connectivity index (χ1) is 5.66. The molecular formula is C8H8BrNO2. The molecule has 0 aromatic carbocycles. The fourth-order valence-electron chi connectivity index (χ4n) is 0.909. The van der Waals surface area contributed by atoms with Gasteiger partial charge in [-0.15, -0.1) is 0 Å². The van der Waals surface area contributed by atoms with Crippen molar-refractivity contribution in [2.75, 3.05) is 7.11 Å². The van der Waals surface area contributed by atoms with E-state index in [0.717, 1.165) is 0 Å². The summed E-state index contributed by atoms with van der Waals surface area (Å²) in [6.07, 6.45) is 1.58. The summed E-state index contributed by atoms with van der Waals surface area (Å²) in [7, 11) is 1.52. The number of rotatable bonds is 2. The predicted octanol–water partition coefficient (Wildman–Crippen LogP) is 2.06. The molecule has 0 aliphatic carbocycles. The lowest BCUT2D eigenvalue weighted by Gasteiger charge is -2.05. The normalized spacial score (nSPS) is 9.58. The first kappa shape index (κ1) is 9.19. The van der Waals surface area contributed by atoms with E-state index in [0.29, 0.717) is 15.9 Å². The molecule has 1 aromatic heterocycles. The van der Waals surface area contributed by atoms with E-state index in [4.69, 9.17) is 4.74 Å². The molecular weight excluding hydrogens is 222 g/mol. The first-order valence-electron chi connectivity index (χ1n) is 3.36. The number of aromatic nitrogens is 1. The number of ether oxygens (including phenoxy) is 1. The van der Waals surface area contributed by atoms with Crippen LogP contribution in [0.5, 0.6) is 5.75 Å². The summed E-state index contributed by atoms with van der Waals surface area (Å²) < 4.78 is 5.52. The Labute approximate surface area is 78.9 Å². The van der Waals surface area contributed by atoms with Gasteiger partial charge in [-0.3, -0.25) is 4.79 Å². The highest BCUT2D eigenvalue weighted by Gasteiger charge is 2.11. The zero-order valence-corrected chi connectivity index (χ0v) is 8.38. The van der Waals surface area contributed by atoms with E-state index >= 15 is 0 Å². The second-order valence-corrected chi connectivity index (χ2v) is 2.99. The highest BCUT2D eigenvalue weighted by Crippen LogP contribution is 2.24. The molecule has 0 aliphatic rings. The van der Waals surface area contributed by atoms with E-state index in [1.54, 1.807) is 12.3 Å². The number of hydrogen-bond acceptors (Lipinski definition) is 3. The SMILES string of the molecule is COc1ccnc(Br)c1C(C)=O. The van der Waals surface area contributed by atoms with Crippen molar-refractivity contribution >= 4 is 21.7 Å². The Morgan fingerprint density at radius 1 is 1.67 bits per heavy atom. The van der Waals surface area contributed by atoms with E-state index < -0.39 is 0 Å². The van der Waals surface area contributed by atoms with Gasteiger partial charge in [-0.25, -0.2) is 4.98 Å². The van der Waals surface area contributed by atoms with Gasteiger partial charge < -0.3 is 4.74 Å². The van der Waals surface area contributed by atoms with Crippen LogP contribution in [0.4, 0.5) is 0 Å². The maximum atomic E-state index is 11.1. The number of ketones is 1. The Morgan fingerprint density at radius 2 is 2.33 bits per heavy atom. The van der Waals surface area contributed by atoms with Crippen LogP contribution in [0.25, 0.3) is 0 Å². The summed E-state index contributed by atoms with van der Waals surface area (Å²) >= 11 is 3.18. The molecule has 1 aromatic rings. The molecule has 12 heavy (non-hydrogen) atoms. The Morgan fingerprint density at radius 3 is 2.75 bits per heavy atom. The van der Waals surface area contributed by atoms with E-state index in [1.165, 1.54) is 14.0 Å². The maximum absolute atomic E-state index is 11.1. The molecule has 4 heteroatoms. The second kappa shape index (κ2) is 3.67. The molecule has 3 nitrogen and oxygen atoms in total. The molecule has 0 radical (unpaired) electrons. The maximum Gasteiger partial charge on any atom is 0.166 e. The minimum atomic E-state index is -0.0631. The van der Waals surface area contributed by atoms with Crippen molar-refractivity contribution in [3.8, 4) is 5.75 Å². The molecule has 0 unspecified atom stereocenters. The topological polar surface area (TPSA) is 39.2 Å². The number of methoxy groups -OCH3 is 1. The Hall–Kier alpha value is -0.900. The molecule has 1 heterocycles. The van der Waals surface area contributed by atoms with Gasteiger partial charge in [0.1, 0.15) is 10.4 Å². The monoisotopic (exact) mass is 229 g/mol. The number of Topliss-reactive ketones (excluding diaryl/α,β-unsaturated/α-hetero) is 1. The lowest BCUT2D eigenvalue weighted by atomic mass is 10.2. The standard InChI is InChI=1S/C8H8BrNO2/c1-5(11)7-6(12-2)3-4-10-8(7)9/h3-4H,1-2H3. The molecule has 0 saturated heterocycles. The second-order valence-electron chi connectivity index (χ2n) is 2.24. The molecule has 0 aliphatic heterocycles. The number of halogens is 1. The van der Waals surface area contributed by atoms with Gasteiger partial charge >= 0.3 is 0 Å². The third kappa shape index (κ3) is 1.64. The van der Waals surface area contributed by atoms with Crippen molar-refractivity contribution in [1.29, 1.82) is 0 Å². The van der Waals surface area contributed by atoms with Crippen molar-refractivity contribution in [2.45, 2.75) is 6.92 Å². The average Bonchev–Trinajstić information content (AvgIpc) is 2.03. The van der Waals surface area contributed by atoms with Crippen LogP contribution in [0.15, 0.2) is 16.9 Å². The van der Waals surface area contributed by atoms with Gasteiger partial charge in [0, 0.05) is 6.20 Å². The number of nitrogens with zero attached hydrogens (tertiary/aromatic N) is 1. The van der Waals surface area contributed by atoms with Gasteiger partial charge in [-0.2, -0.15) is 0 Å². The predicted molar refractivity (Wildman–Crippen MR) is 48.5 cm³/mol. The number of pyridine rings is 1. The molecule has 0 atom stereocenters. The summed E-state index contributed by atoms with van der Waals surface area (Å²) in [5.74, 6) is 0.483. The van der Waals surface area contributed by atoms with Crippen molar-refractivity contribution in [1.82, 2.24) is 4.98 Å². The van der Waals surface area contributed by atoms with Gasteiger partial charge in [0.2, 0.25) is 0 Å². The lowest BCUT2D eigenvalue weighted by molar-refractivity contribution is 0.101. The smallest absolute Gasteiger partial charge is 0.166 e. The summed E-state index contributed by atoms with van der Waals surface area (Å²) in [6, 6.07) is 1.65. The van der Waals surface area contributed by atoms with Crippen molar-refractivity contribution in [3.63, 3.8) is 0 Å². The van der Waals surface area contributed by atoms with E-state index in [-0.39, 0.29) is 5.78 Å². The molecule has 64 valence electrons. The fraction of sp³-hybridized carbons (Fsp3) is 0.250. The average molecular weight is 230 g/mol. The zero-order chi connectivity index (χ0) is 9.14. The van der Waals surface area contributed by atoms with Crippen LogP contribution in [0.3, 0.4) is 0 Å². The molecule has 0 amide bonds. The van der Waals surface area contributed by atoms with Crippen molar-refractivity contribution in [2.24, 2.45) is 0 Å². The third-order valence-corrected chi connectivity index (χ3v) is 2.04. The zero-order valence-electron chi connectivity index (χ0n) is 6.80. The van der Waals surface area contributed by atoms with Crippen LogP contribution in [0.2, 0.25) is 0 Å². The molecule has 0 bridgehead atoms. The van der Waals surface area contributed by atoms with E-state index in [2.05, 4.69) is 20.9 Å². The first-order valence-corrected chi connectivity index (χ1v) is 4.15. The van der Waals surface area contributed by atoms with Gasteiger partial charge in [0.15, 0.2) is 5.78 Å². The Bertz CT molecular complexity index is 312. The summed E-state index contributed by atoms with van der Waals surface area (Å²) in [6.45, 7) is 1.48. The number of carbonyl (C=O) groups is 1. The highest BCUT2D eigenvalue weighted by atomic mass is 79.9. The van der Waals surface area contributed by atoms with Gasteiger partial charge in [0.05, 0.1) is 12.7 Å². The lowest BCUT2D eigenvalue weighted by Crippen LogP contribution is -1.99. The molecule has 1 rings (SSSR count).